The zero-order valence-electron chi connectivity index (χ0n) is 16.6. The molecule has 2 fully saturated rings. The Hall–Kier alpha value is -2.81. The summed E-state index contributed by atoms with van der Waals surface area (Å²) in [6.07, 6.45) is 6.10. The summed E-state index contributed by atoms with van der Waals surface area (Å²) in [6.45, 7) is 3.46. The molecule has 1 spiro atoms. The molecule has 2 aliphatic rings. The van der Waals surface area contributed by atoms with E-state index in [0.29, 0.717) is 24.8 Å². The van der Waals surface area contributed by atoms with Crippen molar-refractivity contribution in [3.8, 4) is 17.2 Å². The van der Waals surface area contributed by atoms with Crippen molar-refractivity contribution in [3.63, 3.8) is 0 Å². The van der Waals surface area contributed by atoms with Gasteiger partial charge in [0, 0.05) is 47.2 Å². The van der Waals surface area contributed by atoms with E-state index in [0.717, 1.165) is 59.0 Å². The largest absolute Gasteiger partial charge is 0.398 e. The number of nitrogen functional groups attached to an aromatic ring is 1. The lowest BCUT2D eigenvalue weighted by molar-refractivity contribution is -0.181. The minimum Gasteiger partial charge on any atom is -0.398 e. The molecule has 0 radical (unpaired) electrons. The van der Waals surface area contributed by atoms with Crippen LogP contribution < -0.4 is 5.73 Å². The van der Waals surface area contributed by atoms with Crippen LogP contribution in [0.1, 0.15) is 42.9 Å². The van der Waals surface area contributed by atoms with Crippen molar-refractivity contribution in [1.82, 2.24) is 4.57 Å². The van der Waals surface area contributed by atoms with Gasteiger partial charge in [0.1, 0.15) is 0 Å². The van der Waals surface area contributed by atoms with Crippen LogP contribution in [0.15, 0.2) is 42.6 Å². The molecule has 2 N–H and O–H groups in total. The first kappa shape index (κ1) is 18.2. The normalized spacial score (nSPS) is 19.0. The van der Waals surface area contributed by atoms with E-state index >= 15 is 0 Å². The summed E-state index contributed by atoms with van der Waals surface area (Å²) in [6, 6.07) is 14.7. The highest BCUT2D eigenvalue weighted by Crippen LogP contribution is 2.43. The topological polar surface area (TPSA) is 73.2 Å². The molecule has 2 aromatic carbocycles. The first-order valence-electron chi connectivity index (χ1n) is 10.3. The Kier molecular flexibility index (Phi) is 4.34. The number of nitriles is 1. The quantitative estimate of drug-likeness (QED) is 0.633. The summed E-state index contributed by atoms with van der Waals surface area (Å²) in [5.74, 6) is -0.360. The number of benzene rings is 2. The average molecular weight is 387 g/mol. The predicted octanol–water partition coefficient (Wildman–Crippen LogP) is 4.93. The molecule has 2 heterocycles. The third-order valence-corrected chi connectivity index (χ3v) is 6.55. The lowest BCUT2D eigenvalue weighted by Gasteiger charge is -2.36. The number of fused-ring (bicyclic) bond motifs is 1. The van der Waals surface area contributed by atoms with E-state index in [1.807, 2.05) is 24.3 Å². The Labute approximate surface area is 170 Å². The van der Waals surface area contributed by atoms with Crippen molar-refractivity contribution in [1.29, 1.82) is 5.26 Å². The highest BCUT2D eigenvalue weighted by atomic mass is 16.7. The monoisotopic (exact) mass is 387 g/mol. The highest BCUT2D eigenvalue weighted by Gasteiger charge is 2.40. The SMILES string of the molecule is Cc1c(N)cccc1-c1cn(C2CCC3(CC2)OCCO3)c2ccc(C#N)cc12. The van der Waals surface area contributed by atoms with E-state index in [-0.39, 0.29) is 5.79 Å². The summed E-state index contributed by atoms with van der Waals surface area (Å²) in [7, 11) is 0. The van der Waals surface area contributed by atoms with Crippen LogP contribution in [0.3, 0.4) is 0 Å². The third-order valence-electron chi connectivity index (χ3n) is 6.55. The van der Waals surface area contributed by atoms with E-state index in [4.69, 9.17) is 15.2 Å². The summed E-state index contributed by atoms with van der Waals surface area (Å²) >= 11 is 0. The summed E-state index contributed by atoms with van der Waals surface area (Å²) in [5, 5.41) is 10.5. The van der Waals surface area contributed by atoms with E-state index in [1.165, 1.54) is 0 Å². The molecule has 1 aliphatic heterocycles. The maximum Gasteiger partial charge on any atom is 0.168 e. The first-order chi connectivity index (χ1) is 14.1. The molecular formula is C24H25N3O2. The second-order valence-corrected chi connectivity index (χ2v) is 8.15. The second-order valence-electron chi connectivity index (χ2n) is 8.15. The predicted molar refractivity (Wildman–Crippen MR) is 113 cm³/mol. The van der Waals surface area contributed by atoms with Crippen LogP contribution in [0.4, 0.5) is 5.69 Å². The van der Waals surface area contributed by atoms with Crippen molar-refractivity contribution < 1.29 is 9.47 Å². The van der Waals surface area contributed by atoms with Gasteiger partial charge in [0.05, 0.1) is 24.8 Å². The van der Waals surface area contributed by atoms with Gasteiger partial charge in [-0.25, -0.2) is 0 Å². The fourth-order valence-corrected chi connectivity index (χ4v) is 4.89. The molecule has 5 rings (SSSR count). The zero-order valence-corrected chi connectivity index (χ0v) is 16.6. The number of anilines is 1. The van der Waals surface area contributed by atoms with Gasteiger partial charge in [0.15, 0.2) is 5.79 Å². The third kappa shape index (κ3) is 3.00. The van der Waals surface area contributed by atoms with Gasteiger partial charge in [-0.05, 0) is 55.2 Å². The van der Waals surface area contributed by atoms with E-state index in [9.17, 15) is 5.26 Å². The number of ether oxygens (including phenoxy) is 2. The molecule has 1 aromatic heterocycles. The molecule has 0 unspecified atom stereocenters. The lowest BCUT2D eigenvalue weighted by atomic mass is 9.90. The van der Waals surface area contributed by atoms with E-state index in [2.05, 4.69) is 35.9 Å². The lowest BCUT2D eigenvalue weighted by Crippen LogP contribution is -2.35. The molecule has 5 heteroatoms. The maximum absolute atomic E-state index is 9.43. The number of nitrogens with zero attached hydrogens (tertiary/aromatic N) is 2. The maximum atomic E-state index is 9.43. The fourth-order valence-electron chi connectivity index (χ4n) is 4.89. The Morgan fingerprint density at radius 3 is 2.59 bits per heavy atom. The summed E-state index contributed by atoms with van der Waals surface area (Å²) < 4.78 is 14.2. The van der Waals surface area contributed by atoms with Crippen LogP contribution in [-0.4, -0.2) is 23.6 Å². The van der Waals surface area contributed by atoms with Crippen molar-refractivity contribution in [2.75, 3.05) is 18.9 Å². The number of aromatic nitrogens is 1. The number of rotatable bonds is 2. The van der Waals surface area contributed by atoms with Crippen LogP contribution in [0.25, 0.3) is 22.0 Å². The molecule has 3 aromatic rings. The summed E-state index contributed by atoms with van der Waals surface area (Å²) in [5.41, 5.74) is 12.1. The van der Waals surface area contributed by atoms with Gasteiger partial charge in [-0.1, -0.05) is 12.1 Å². The van der Waals surface area contributed by atoms with Crippen LogP contribution >= 0.6 is 0 Å². The first-order valence-corrected chi connectivity index (χ1v) is 10.3. The molecule has 1 aliphatic carbocycles. The molecule has 1 saturated carbocycles. The molecule has 0 amide bonds. The number of hydrogen-bond donors (Lipinski definition) is 1. The van der Waals surface area contributed by atoms with Crippen LogP contribution in [0, 0.1) is 18.3 Å². The van der Waals surface area contributed by atoms with Crippen molar-refractivity contribution >= 4 is 16.6 Å². The van der Waals surface area contributed by atoms with Gasteiger partial charge < -0.3 is 19.8 Å². The van der Waals surface area contributed by atoms with Crippen LogP contribution in [0.5, 0.6) is 0 Å². The number of nitrogens with two attached hydrogens (primary N) is 1. The Balaban J connectivity index is 1.60. The zero-order chi connectivity index (χ0) is 20.0. The van der Waals surface area contributed by atoms with Gasteiger partial charge in [-0.3, -0.25) is 0 Å². The van der Waals surface area contributed by atoms with Gasteiger partial charge in [0.25, 0.3) is 0 Å². The summed E-state index contributed by atoms with van der Waals surface area (Å²) in [4.78, 5) is 0. The molecule has 29 heavy (non-hydrogen) atoms. The molecule has 0 atom stereocenters. The molecule has 148 valence electrons. The smallest absolute Gasteiger partial charge is 0.168 e. The Bertz CT molecular complexity index is 1110. The standard InChI is InChI=1S/C24H25N3O2/c1-16-19(3-2-4-22(16)26)21-15-27(23-6-5-17(14-25)13-20(21)23)18-7-9-24(10-8-18)28-11-12-29-24/h2-6,13,15,18H,7-12,26H2,1H3. The molecular weight excluding hydrogens is 362 g/mol. The molecule has 5 nitrogen and oxygen atoms in total. The van der Waals surface area contributed by atoms with Crippen LogP contribution in [0.2, 0.25) is 0 Å². The van der Waals surface area contributed by atoms with Gasteiger partial charge >= 0.3 is 0 Å². The van der Waals surface area contributed by atoms with E-state index in [1.54, 1.807) is 0 Å². The van der Waals surface area contributed by atoms with Gasteiger partial charge in [0.2, 0.25) is 0 Å². The van der Waals surface area contributed by atoms with Crippen molar-refractivity contribution in [2.45, 2.75) is 44.4 Å². The Morgan fingerprint density at radius 1 is 1.10 bits per heavy atom. The highest BCUT2D eigenvalue weighted by molar-refractivity contribution is 5.98. The number of hydrogen-bond acceptors (Lipinski definition) is 4. The molecule has 0 bridgehead atoms. The average Bonchev–Trinajstić information content (AvgIpc) is 3.35. The van der Waals surface area contributed by atoms with Crippen molar-refractivity contribution in [3.05, 3.63) is 53.7 Å². The second kappa shape index (κ2) is 6.91. The van der Waals surface area contributed by atoms with Crippen LogP contribution in [-0.2, 0) is 9.47 Å². The van der Waals surface area contributed by atoms with Crippen molar-refractivity contribution in [2.24, 2.45) is 0 Å². The van der Waals surface area contributed by atoms with Gasteiger partial charge in [-0.15, -0.1) is 0 Å². The van der Waals surface area contributed by atoms with E-state index < -0.39 is 0 Å². The fraction of sp³-hybridized carbons (Fsp3) is 0.375. The molecule has 1 saturated heterocycles. The minimum atomic E-state index is -0.360. The Morgan fingerprint density at radius 2 is 1.86 bits per heavy atom. The van der Waals surface area contributed by atoms with Gasteiger partial charge in [-0.2, -0.15) is 5.26 Å². The minimum absolute atomic E-state index is 0.360.